The molecule has 4 aliphatic rings. The molecule has 0 aromatic carbocycles. The standard InChI is InChI=1S/C23H28Cl2O5/c1-13(26)30-12-19(28)22(29)9-7-16-17-5-4-14-10-15(27)6-8-20(14,2)23(17,25)18(24)11-21(16,22)3/h6,8,10,16-18,29H,4-5,7,9,11-12H2,1-3H3/t16-,17+,18?,20+,21+,22+,23+/m1/s1. The number of Topliss-reactive ketones (excluding diaryl/α,β-unsaturated/α-hetero) is 1. The van der Waals surface area contributed by atoms with Crippen molar-refractivity contribution >= 4 is 40.7 Å². The molecule has 0 saturated heterocycles. The van der Waals surface area contributed by atoms with Gasteiger partial charge in [-0.1, -0.05) is 25.5 Å². The van der Waals surface area contributed by atoms with Crippen molar-refractivity contribution in [2.75, 3.05) is 6.61 Å². The number of hydrogen-bond acceptors (Lipinski definition) is 5. The minimum absolute atomic E-state index is 0.000631. The molecule has 0 aromatic heterocycles. The number of halogens is 2. The number of carbonyl (C=O) groups excluding carboxylic acids is 3. The summed E-state index contributed by atoms with van der Waals surface area (Å²) < 4.78 is 4.90. The van der Waals surface area contributed by atoms with E-state index in [4.69, 9.17) is 27.9 Å². The van der Waals surface area contributed by atoms with Crippen LogP contribution in [0.3, 0.4) is 0 Å². The Hall–Kier alpha value is -1.17. The van der Waals surface area contributed by atoms with E-state index >= 15 is 0 Å². The van der Waals surface area contributed by atoms with Crippen molar-refractivity contribution in [3.63, 3.8) is 0 Å². The van der Waals surface area contributed by atoms with Crippen LogP contribution in [0.5, 0.6) is 0 Å². The van der Waals surface area contributed by atoms with Gasteiger partial charge in [0.05, 0.1) is 10.3 Å². The number of ether oxygens (including phenoxy) is 1. The second-order valence-corrected chi connectivity index (χ2v) is 11.0. The molecule has 4 aliphatic carbocycles. The third kappa shape index (κ3) is 2.67. The van der Waals surface area contributed by atoms with Gasteiger partial charge in [-0.2, -0.15) is 0 Å². The van der Waals surface area contributed by atoms with Crippen molar-refractivity contribution < 1.29 is 24.2 Å². The molecule has 0 spiro atoms. The summed E-state index contributed by atoms with van der Waals surface area (Å²) in [6, 6.07) is 0. The van der Waals surface area contributed by atoms with Crippen LogP contribution in [0.25, 0.3) is 0 Å². The lowest BCUT2D eigenvalue weighted by atomic mass is 9.46. The normalized spacial score (nSPS) is 47.1. The summed E-state index contributed by atoms with van der Waals surface area (Å²) in [5, 5.41) is 11.0. The molecule has 5 nitrogen and oxygen atoms in total. The molecule has 0 amide bonds. The van der Waals surface area contributed by atoms with Crippen molar-refractivity contribution in [2.45, 2.75) is 68.7 Å². The van der Waals surface area contributed by atoms with Crippen molar-refractivity contribution in [2.24, 2.45) is 22.7 Å². The minimum Gasteiger partial charge on any atom is -0.458 e. The van der Waals surface area contributed by atoms with Crippen LogP contribution in [0.15, 0.2) is 23.8 Å². The fraction of sp³-hybridized carbons (Fsp3) is 0.696. The van der Waals surface area contributed by atoms with Gasteiger partial charge in [0, 0.05) is 17.8 Å². The fourth-order valence-corrected chi connectivity index (χ4v) is 8.13. The molecule has 30 heavy (non-hydrogen) atoms. The number of fused-ring (bicyclic) bond motifs is 5. The monoisotopic (exact) mass is 454 g/mol. The number of carbonyl (C=O) groups is 3. The van der Waals surface area contributed by atoms with Crippen molar-refractivity contribution in [3.8, 4) is 0 Å². The Morgan fingerprint density at radius 1 is 1.27 bits per heavy atom. The van der Waals surface area contributed by atoms with Crippen LogP contribution in [-0.2, 0) is 19.1 Å². The first-order chi connectivity index (χ1) is 13.9. The average molecular weight is 455 g/mol. The van der Waals surface area contributed by atoms with Gasteiger partial charge in [-0.3, -0.25) is 14.4 Å². The number of rotatable bonds is 3. The summed E-state index contributed by atoms with van der Waals surface area (Å²) in [6.07, 6.45) is 7.97. The fourth-order valence-electron chi connectivity index (χ4n) is 6.89. The predicted molar refractivity (Wildman–Crippen MR) is 113 cm³/mol. The maximum Gasteiger partial charge on any atom is 0.303 e. The molecule has 7 atom stereocenters. The number of esters is 1. The molecule has 0 aliphatic heterocycles. The molecule has 0 radical (unpaired) electrons. The molecule has 0 heterocycles. The van der Waals surface area contributed by atoms with Crippen LogP contribution < -0.4 is 0 Å². The largest absolute Gasteiger partial charge is 0.458 e. The predicted octanol–water partition coefficient (Wildman–Crippen LogP) is 3.74. The zero-order valence-corrected chi connectivity index (χ0v) is 19.1. The molecule has 164 valence electrons. The van der Waals surface area contributed by atoms with E-state index in [0.717, 1.165) is 18.4 Å². The Labute approximate surface area is 186 Å². The lowest BCUT2D eigenvalue weighted by Crippen LogP contribution is -2.67. The highest BCUT2D eigenvalue weighted by molar-refractivity contribution is 6.34. The highest BCUT2D eigenvalue weighted by atomic mass is 35.5. The number of allylic oxidation sites excluding steroid dienone is 4. The number of aliphatic hydroxyl groups is 1. The number of ketones is 2. The molecule has 3 saturated carbocycles. The molecule has 7 heteroatoms. The van der Waals surface area contributed by atoms with Gasteiger partial charge in [0.15, 0.2) is 12.4 Å². The lowest BCUT2D eigenvalue weighted by Gasteiger charge is -2.63. The molecule has 4 rings (SSSR count). The van der Waals surface area contributed by atoms with E-state index in [0.29, 0.717) is 19.3 Å². The van der Waals surface area contributed by atoms with Gasteiger partial charge in [0.1, 0.15) is 5.60 Å². The maximum atomic E-state index is 12.9. The number of alkyl halides is 2. The number of hydrogen-bond donors (Lipinski definition) is 1. The highest BCUT2D eigenvalue weighted by Crippen LogP contribution is 2.71. The smallest absolute Gasteiger partial charge is 0.303 e. The zero-order valence-electron chi connectivity index (χ0n) is 17.5. The molecular formula is C23H28Cl2O5. The second-order valence-electron chi connectivity index (χ2n) is 9.82. The van der Waals surface area contributed by atoms with E-state index in [9.17, 15) is 19.5 Å². The van der Waals surface area contributed by atoms with E-state index in [1.54, 1.807) is 12.2 Å². The quantitative estimate of drug-likeness (QED) is 0.518. The van der Waals surface area contributed by atoms with Crippen molar-refractivity contribution in [3.05, 3.63) is 23.8 Å². The molecule has 3 fully saturated rings. The first kappa shape index (κ1) is 22.0. The van der Waals surface area contributed by atoms with E-state index in [1.165, 1.54) is 6.92 Å². The summed E-state index contributed by atoms with van der Waals surface area (Å²) >= 11 is 14.4. The maximum absolute atomic E-state index is 12.9. The van der Waals surface area contributed by atoms with Crippen molar-refractivity contribution in [1.82, 2.24) is 0 Å². The summed E-state index contributed by atoms with van der Waals surface area (Å²) in [5.41, 5.74) is -1.91. The van der Waals surface area contributed by atoms with Crippen LogP contribution in [0, 0.1) is 22.7 Å². The van der Waals surface area contributed by atoms with Gasteiger partial charge < -0.3 is 9.84 Å². The van der Waals surface area contributed by atoms with E-state index < -0.39 is 45.0 Å². The van der Waals surface area contributed by atoms with Crippen molar-refractivity contribution in [1.29, 1.82) is 0 Å². The van der Waals surface area contributed by atoms with Gasteiger partial charge in [0.2, 0.25) is 5.78 Å². The SMILES string of the molecule is CC(=O)OCC(=O)[C@@]1(O)CC[C@@H]2[C@@H]3CCC4=CC(=O)C=C[C@]4(C)[C@@]3(Cl)C(Cl)C[C@@]21C. The van der Waals surface area contributed by atoms with E-state index in [-0.39, 0.29) is 17.6 Å². The molecule has 0 bridgehead atoms. The second kappa shape index (κ2) is 6.91. The Morgan fingerprint density at radius 2 is 1.97 bits per heavy atom. The highest BCUT2D eigenvalue weighted by Gasteiger charge is 2.72. The van der Waals surface area contributed by atoms with Gasteiger partial charge in [-0.05, 0) is 56.1 Å². The Bertz CT molecular complexity index is 881. The lowest BCUT2D eigenvalue weighted by molar-refractivity contribution is -0.167. The first-order valence-electron chi connectivity index (χ1n) is 10.6. The third-order valence-corrected chi connectivity index (χ3v) is 10.2. The molecule has 1 N–H and O–H groups in total. The van der Waals surface area contributed by atoms with Gasteiger partial charge in [-0.15, -0.1) is 23.2 Å². The van der Waals surface area contributed by atoms with Gasteiger partial charge in [0.25, 0.3) is 0 Å². The van der Waals surface area contributed by atoms with Gasteiger partial charge >= 0.3 is 5.97 Å². The van der Waals surface area contributed by atoms with Crippen LogP contribution >= 0.6 is 23.2 Å². The van der Waals surface area contributed by atoms with Crippen LogP contribution in [0.1, 0.15) is 52.9 Å². The molecule has 0 aromatic rings. The summed E-state index contributed by atoms with van der Waals surface area (Å²) in [4.78, 5) is 35.3. The van der Waals surface area contributed by atoms with Crippen LogP contribution in [0.2, 0.25) is 0 Å². The van der Waals surface area contributed by atoms with E-state index in [1.807, 2.05) is 19.9 Å². The Balaban J connectivity index is 1.72. The summed E-state index contributed by atoms with van der Waals surface area (Å²) in [6.45, 7) is 4.78. The Morgan fingerprint density at radius 3 is 2.63 bits per heavy atom. The Kier molecular flexibility index (Phi) is 5.08. The average Bonchev–Trinajstić information content (AvgIpc) is 2.94. The summed E-state index contributed by atoms with van der Waals surface area (Å²) in [5.74, 6) is -1.07. The zero-order chi connectivity index (χ0) is 22.1. The molecular weight excluding hydrogens is 427 g/mol. The molecule has 1 unspecified atom stereocenters. The third-order valence-electron chi connectivity index (χ3n) is 8.62. The van der Waals surface area contributed by atoms with Crippen LogP contribution in [-0.4, -0.2) is 45.1 Å². The van der Waals surface area contributed by atoms with Gasteiger partial charge in [-0.25, -0.2) is 0 Å². The topological polar surface area (TPSA) is 80.7 Å². The van der Waals surface area contributed by atoms with Crippen LogP contribution in [0.4, 0.5) is 0 Å². The minimum atomic E-state index is -1.60. The summed E-state index contributed by atoms with van der Waals surface area (Å²) in [7, 11) is 0. The van der Waals surface area contributed by atoms with E-state index in [2.05, 4.69) is 0 Å². The first-order valence-corrected chi connectivity index (χ1v) is 11.4.